The number of hydrogen-bond acceptors (Lipinski definition) is 4. The van der Waals surface area contributed by atoms with Gasteiger partial charge in [-0.15, -0.1) is 0 Å². The van der Waals surface area contributed by atoms with Crippen molar-refractivity contribution in [1.29, 1.82) is 0 Å². The number of imidazole rings is 1. The number of para-hydroxylation sites is 2. The molecule has 1 N–H and O–H groups in total. The van der Waals surface area contributed by atoms with Gasteiger partial charge in [-0.1, -0.05) is 24.3 Å². The first-order chi connectivity index (χ1) is 14.6. The molecule has 6 nitrogen and oxygen atoms in total. The third-order valence-electron chi connectivity index (χ3n) is 4.98. The molecule has 2 aromatic carbocycles. The highest BCUT2D eigenvalue weighted by Gasteiger charge is 2.13. The summed E-state index contributed by atoms with van der Waals surface area (Å²) >= 11 is 0. The molecule has 1 amide bonds. The number of rotatable bonds is 7. The second kappa shape index (κ2) is 8.78. The number of carbonyl (C=O) groups is 1. The Morgan fingerprint density at radius 3 is 2.80 bits per heavy atom. The summed E-state index contributed by atoms with van der Waals surface area (Å²) < 4.78 is 8.15. The zero-order chi connectivity index (χ0) is 20.9. The van der Waals surface area contributed by atoms with Crippen LogP contribution < -0.4 is 10.1 Å². The number of fused-ring (bicyclic) bond motifs is 1. The van der Waals surface area contributed by atoms with Crippen LogP contribution in [0.1, 0.15) is 27.3 Å². The molecule has 0 radical (unpaired) electrons. The summed E-state index contributed by atoms with van der Waals surface area (Å²) in [4.78, 5) is 21.1. The lowest BCUT2D eigenvalue weighted by atomic mass is 10.1. The minimum atomic E-state index is -0.173. The molecule has 30 heavy (non-hydrogen) atoms. The summed E-state index contributed by atoms with van der Waals surface area (Å²) in [6.07, 6.45) is 3.20. The lowest BCUT2D eigenvalue weighted by Gasteiger charge is -2.13. The molecule has 2 aromatic heterocycles. The average molecular weight is 400 g/mol. The van der Waals surface area contributed by atoms with Gasteiger partial charge in [0.05, 0.1) is 29.7 Å². The molecule has 0 atom stereocenters. The smallest absolute Gasteiger partial charge is 0.253 e. The summed E-state index contributed by atoms with van der Waals surface area (Å²) in [5.41, 5.74) is 4.73. The number of aromatic nitrogens is 3. The highest BCUT2D eigenvalue weighted by molar-refractivity contribution is 5.93. The van der Waals surface area contributed by atoms with E-state index in [9.17, 15) is 4.79 Å². The Balaban J connectivity index is 1.50. The number of nitrogens with one attached hydrogen (secondary N) is 1. The van der Waals surface area contributed by atoms with Gasteiger partial charge in [0, 0.05) is 12.4 Å². The summed E-state index contributed by atoms with van der Waals surface area (Å²) in [6, 6.07) is 17.6. The van der Waals surface area contributed by atoms with Gasteiger partial charge in [-0.3, -0.25) is 9.78 Å². The van der Waals surface area contributed by atoms with Crippen molar-refractivity contribution in [3.63, 3.8) is 0 Å². The van der Waals surface area contributed by atoms with E-state index in [2.05, 4.69) is 40.0 Å². The molecule has 0 aliphatic carbocycles. The van der Waals surface area contributed by atoms with Crippen LogP contribution in [-0.2, 0) is 13.1 Å². The number of benzene rings is 2. The number of hydrogen-bond donors (Lipinski definition) is 1. The van der Waals surface area contributed by atoms with Crippen molar-refractivity contribution in [3.05, 3.63) is 89.5 Å². The minimum absolute atomic E-state index is 0.173. The summed E-state index contributed by atoms with van der Waals surface area (Å²) in [5, 5.41) is 2.94. The maximum atomic E-state index is 12.4. The first kappa shape index (κ1) is 19.6. The van der Waals surface area contributed by atoms with Crippen LogP contribution in [-0.4, -0.2) is 27.0 Å². The van der Waals surface area contributed by atoms with Gasteiger partial charge in [0.1, 0.15) is 18.2 Å². The standard InChI is InChI=1S/C24H24N4O2/c1-17-9-10-18(2)22(14-17)30-13-12-28-21-8-4-3-7-20(21)27-23(28)16-26-24(29)19-6-5-11-25-15-19/h3-11,14-15H,12-13,16H2,1-2H3,(H,26,29). The van der Waals surface area contributed by atoms with Crippen LogP contribution in [0.5, 0.6) is 5.75 Å². The van der Waals surface area contributed by atoms with E-state index < -0.39 is 0 Å². The Kier molecular flexibility index (Phi) is 5.75. The zero-order valence-corrected chi connectivity index (χ0v) is 17.1. The molecule has 4 rings (SSSR count). The molecule has 0 fully saturated rings. The van der Waals surface area contributed by atoms with Gasteiger partial charge in [-0.2, -0.15) is 0 Å². The van der Waals surface area contributed by atoms with Crippen LogP contribution in [0.25, 0.3) is 11.0 Å². The van der Waals surface area contributed by atoms with E-state index >= 15 is 0 Å². The second-order valence-electron chi connectivity index (χ2n) is 7.21. The van der Waals surface area contributed by atoms with Crippen LogP contribution in [0.2, 0.25) is 0 Å². The van der Waals surface area contributed by atoms with Crippen molar-refractivity contribution in [2.24, 2.45) is 0 Å². The van der Waals surface area contributed by atoms with Crippen LogP contribution in [0, 0.1) is 13.8 Å². The van der Waals surface area contributed by atoms with E-state index in [1.54, 1.807) is 24.5 Å². The predicted molar refractivity (Wildman–Crippen MR) is 117 cm³/mol. The van der Waals surface area contributed by atoms with Gasteiger partial charge >= 0.3 is 0 Å². The number of pyridine rings is 1. The van der Waals surface area contributed by atoms with Crippen LogP contribution in [0.15, 0.2) is 67.0 Å². The molecular weight excluding hydrogens is 376 g/mol. The predicted octanol–water partition coefficient (Wildman–Crippen LogP) is 4.06. The highest BCUT2D eigenvalue weighted by atomic mass is 16.5. The van der Waals surface area contributed by atoms with Gasteiger partial charge in [0.25, 0.3) is 5.91 Å². The van der Waals surface area contributed by atoms with E-state index in [0.717, 1.165) is 28.2 Å². The van der Waals surface area contributed by atoms with E-state index in [0.29, 0.717) is 25.3 Å². The zero-order valence-electron chi connectivity index (χ0n) is 17.1. The summed E-state index contributed by atoms with van der Waals surface area (Å²) in [7, 11) is 0. The van der Waals surface area contributed by atoms with Crippen molar-refractivity contribution in [1.82, 2.24) is 19.9 Å². The van der Waals surface area contributed by atoms with Crippen molar-refractivity contribution in [2.75, 3.05) is 6.61 Å². The number of carbonyl (C=O) groups excluding carboxylic acids is 1. The molecule has 2 heterocycles. The molecule has 0 bridgehead atoms. The summed E-state index contributed by atoms with van der Waals surface area (Å²) in [6.45, 7) is 5.56. The fourth-order valence-electron chi connectivity index (χ4n) is 3.38. The topological polar surface area (TPSA) is 69.0 Å². The molecule has 0 aliphatic rings. The Labute approximate surface area is 175 Å². The van der Waals surface area contributed by atoms with Gasteiger partial charge in [0.2, 0.25) is 0 Å². The maximum absolute atomic E-state index is 12.4. The lowest BCUT2D eigenvalue weighted by Crippen LogP contribution is -2.25. The molecular formula is C24H24N4O2. The summed E-state index contributed by atoms with van der Waals surface area (Å²) in [5.74, 6) is 1.51. The molecule has 152 valence electrons. The van der Waals surface area contributed by atoms with E-state index in [1.807, 2.05) is 31.2 Å². The Morgan fingerprint density at radius 2 is 1.97 bits per heavy atom. The quantitative estimate of drug-likeness (QED) is 0.508. The van der Waals surface area contributed by atoms with E-state index in [-0.39, 0.29) is 5.91 Å². The minimum Gasteiger partial charge on any atom is -0.491 e. The van der Waals surface area contributed by atoms with Crippen molar-refractivity contribution in [2.45, 2.75) is 26.9 Å². The van der Waals surface area contributed by atoms with Crippen molar-refractivity contribution < 1.29 is 9.53 Å². The Hall–Kier alpha value is -3.67. The molecule has 0 aliphatic heterocycles. The van der Waals surface area contributed by atoms with Gasteiger partial charge < -0.3 is 14.6 Å². The van der Waals surface area contributed by atoms with Gasteiger partial charge in [-0.25, -0.2) is 4.98 Å². The third-order valence-corrected chi connectivity index (χ3v) is 4.98. The monoisotopic (exact) mass is 400 g/mol. The van der Waals surface area contributed by atoms with E-state index in [1.165, 1.54) is 5.56 Å². The molecule has 4 aromatic rings. The molecule has 6 heteroatoms. The fourth-order valence-corrected chi connectivity index (χ4v) is 3.38. The molecule has 0 saturated heterocycles. The number of amides is 1. The first-order valence-corrected chi connectivity index (χ1v) is 9.94. The molecule has 0 spiro atoms. The Morgan fingerprint density at radius 1 is 1.10 bits per heavy atom. The molecule has 0 saturated carbocycles. The number of aryl methyl sites for hydroxylation is 2. The number of nitrogens with zero attached hydrogens (tertiary/aromatic N) is 3. The fraction of sp³-hybridized carbons (Fsp3) is 0.208. The van der Waals surface area contributed by atoms with Gasteiger partial charge in [-0.05, 0) is 55.3 Å². The number of ether oxygens (including phenoxy) is 1. The Bertz CT molecular complexity index is 1170. The second-order valence-corrected chi connectivity index (χ2v) is 7.21. The SMILES string of the molecule is Cc1ccc(C)c(OCCn2c(CNC(=O)c3cccnc3)nc3ccccc32)c1. The lowest BCUT2D eigenvalue weighted by molar-refractivity contribution is 0.0949. The van der Waals surface area contributed by atoms with Crippen LogP contribution in [0.3, 0.4) is 0 Å². The van der Waals surface area contributed by atoms with Crippen LogP contribution >= 0.6 is 0 Å². The highest BCUT2D eigenvalue weighted by Crippen LogP contribution is 2.20. The maximum Gasteiger partial charge on any atom is 0.253 e. The largest absolute Gasteiger partial charge is 0.491 e. The third kappa shape index (κ3) is 4.33. The first-order valence-electron chi connectivity index (χ1n) is 9.94. The van der Waals surface area contributed by atoms with Crippen LogP contribution in [0.4, 0.5) is 0 Å². The van der Waals surface area contributed by atoms with Gasteiger partial charge in [0.15, 0.2) is 0 Å². The van der Waals surface area contributed by atoms with E-state index in [4.69, 9.17) is 9.72 Å². The molecule has 0 unspecified atom stereocenters. The average Bonchev–Trinajstić information content (AvgIpc) is 3.12. The van der Waals surface area contributed by atoms with Crippen molar-refractivity contribution >= 4 is 16.9 Å². The van der Waals surface area contributed by atoms with Crippen molar-refractivity contribution in [3.8, 4) is 5.75 Å². The normalized spacial score (nSPS) is 10.9.